The third kappa shape index (κ3) is 2.26. The lowest BCUT2D eigenvalue weighted by atomic mass is 10.2. The van der Waals surface area contributed by atoms with Gasteiger partial charge in [-0.05, 0) is 26.7 Å². The van der Waals surface area contributed by atoms with Gasteiger partial charge in [0.1, 0.15) is 5.69 Å². The number of nitrogens with zero attached hydrogens (tertiary/aromatic N) is 2. The number of carbonyl (C=O) groups is 1. The molecule has 3 nitrogen and oxygen atoms in total. The summed E-state index contributed by atoms with van der Waals surface area (Å²) in [5.41, 5.74) is 0.622. The van der Waals surface area contributed by atoms with Crippen LogP contribution < -0.4 is 0 Å². The third-order valence-electron chi connectivity index (χ3n) is 3.21. The number of aryl methyl sites for hydroxylation is 1. The Morgan fingerprint density at radius 3 is 2.75 bits per heavy atom. The molecule has 1 aliphatic rings. The first-order valence-electron chi connectivity index (χ1n) is 5.95. The Morgan fingerprint density at radius 1 is 1.56 bits per heavy atom. The summed E-state index contributed by atoms with van der Waals surface area (Å²) < 4.78 is 0. The standard InChI is InChI=1S/C12H18N2OS/c1-3-14(10-6-4-5-7-10)12(15)11-8-16-9(2)13-11/h8,10H,3-7H2,1-2H3. The van der Waals surface area contributed by atoms with Gasteiger partial charge in [0, 0.05) is 18.0 Å². The van der Waals surface area contributed by atoms with Crippen LogP contribution in [0, 0.1) is 6.92 Å². The second-order valence-corrected chi connectivity index (χ2v) is 5.34. The lowest BCUT2D eigenvalue weighted by molar-refractivity contribution is 0.0688. The maximum Gasteiger partial charge on any atom is 0.273 e. The van der Waals surface area contributed by atoms with Gasteiger partial charge in [0.2, 0.25) is 0 Å². The van der Waals surface area contributed by atoms with Gasteiger partial charge in [0.05, 0.1) is 5.01 Å². The van der Waals surface area contributed by atoms with Gasteiger partial charge in [0.15, 0.2) is 0 Å². The van der Waals surface area contributed by atoms with Crippen LogP contribution in [-0.2, 0) is 0 Å². The molecule has 0 radical (unpaired) electrons. The predicted molar refractivity (Wildman–Crippen MR) is 65.8 cm³/mol. The van der Waals surface area contributed by atoms with E-state index in [1.807, 2.05) is 17.2 Å². The molecule has 1 saturated carbocycles. The van der Waals surface area contributed by atoms with Crippen molar-refractivity contribution in [3.63, 3.8) is 0 Å². The predicted octanol–water partition coefficient (Wildman–Crippen LogP) is 2.86. The fourth-order valence-corrected chi connectivity index (χ4v) is 2.98. The SMILES string of the molecule is CCN(C(=O)c1csc(C)n1)C1CCCC1. The van der Waals surface area contributed by atoms with Gasteiger partial charge < -0.3 is 4.90 Å². The highest BCUT2D eigenvalue weighted by molar-refractivity contribution is 7.09. The van der Waals surface area contributed by atoms with E-state index in [0.29, 0.717) is 11.7 Å². The van der Waals surface area contributed by atoms with Crippen LogP contribution in [-0.4, -0.2) is 28.4 Å². The molecule has 1 aromatic heterocycles. The molecule has 0 spiro atoms. The number of carbonyl (C=O) groups excluding carboxylic acids is 1. The van der Waals surface area contributed by atoms with Gasteiger partial charge in [-0.2, -0.15) is 0 Å². The molecule has 2 rings (SSSR count). The van der Waals surface area contributed by atoms with E-state index < -0.39 is 0 Å². The highest BCUT2D eigenvalue weighted by Crippen LogP contribution is 2.24. The average molecular weight is 238 g/mol. The van der Waals surface area contributed by atoms with Gasteiger partial charge in [0.25, 0.3) is 5.91 Å². The molecular formula is C12H18N2OS. The summed E-state index contributed by atoms with van der Waals surface area (Å²) in [6, 6.07) is 0.444. The molecule has 4 heteroatoms. The van der Waals surface area contributed by atoms with Crippen LogP contribution in [0.5, 0.6) is 0 Å². The van der Waals surface area contributed by atoms with E-state index in [4.69, 9.17) is 0 Å². The minimum absolute atomic E-state index is 0.110. The molecule has 0 aromatic carbocycles. The molecule has 0 bridgehead atoms. The van der Waals surface area contributed by atoms with Crippen LogP contribution in [0.1, 0.15) is 48.1 Å². The smallest absolute Gasteiger partial charge is 0.273 e. The summed E-state index contributed by atoms with van der Waals surface area (Å²) in [6.07, 6.45) is 4.82. The number of aromatic nitrogens is 1. The normalized spacial score (nSPS) is 16.6. The van der Waals surface area contributed by atoms with Crippen molar-refractivity contribution >= 4 is 17.2 Å². The van der Waals surface area contributed by atoms with E-state index in [9.17, 15) is 4.79 Å². The first kappa shape index (κ1) is 11.6. The minimum atomic E-state index is 0.110. The van der Waals surface area contributed by atoms with Crippen molar-refractivity contribution in [2.45, 2.75) is 45.6 Å². The van der Waals surface area contributed by atoms with E-state index in [1.54, 1.807) is 11.3 Å². The Kier molecular flexibility index (Phi) is 3.59. The van der Waals surface area contributed by atoms with Crippen molar-refractivity contribution in [3.8, 4) is 0 Å². The molecule has 16 heavy (non-hydrogen) atoms. The van der Waals surface area contributed by atoms with E-state index in [2.05, 4.69) is 11.9 Å². The van der Waals surface area contributed by atoms with Crippen molar-refractivity contribution in [2.75, 3.05) is 6.54 Å². The largest absolute Gasteiger partial charge is 0.335 e. The summed E-state index contributed by atoms with van der Waals surface area (Å²) in [5.74, 6) is 0.110. The van der Waals surface area contributed by atoms with Crippen LogP contribution in [0.2, 0.25) is 0 Å². The van der Waals surface area contributed by atoms with Crippen LogP contribution in [0.4, 0.5) is 0 Å². The number of amides is 1. The maximum atomic E-state index is 12.2. The molecule has 1 amide bonds. The van der Waals surface area contributed by atoms with Crippen LogP contribution >= 0.6 is 11.3 Å². The van der Waals surface area contributed by atoms with Gasteiger partial charge >= 0.3 is 0 Å². The van der Waals surface area contributed by atoms with Crippen molar-refractivity contribution in [1.29, 1.82) is 0 Å². The highest BCUT2D eigenvalue weighted by Gasteiger charge is 2.27. The fourth-order valence-electron chi connectivity index (χ4n) is 2.39. The molecular weight excluding hydrogens is 220 g/mol. The minimum Gasteiger partial charge on any atom is -0.335 e. The van der Waals surface area contributed by atoms with E-state index in [-0.39, 0.29) is 5.91 Å². The molecule has 0 unspecified atom stereocenters. The molecule has 0 aliphatic heterocycles. The molecule has 88 valence electrons. The molecule has 1 heterocycles. The number of rotatable bonds is 3. The van der Waals surface area contributed by atoms with Crippen LogP contribution in [0.3, 0.4) is 0 Å². The summed E-state index contributed by atoms with van der Waals surface area (Å²) >= 11 is 1.54. The lowest BCUT2D eigenvalue weighted by Crippen LogP contribution is -2.38. The van der Waals surface area contributed by atoms with Gasteiger partial charge in [-0.25, -0.2) is 4.98 Å². The topological polar surface area (TPSA) is 33.2 Å². The van der Waals surface area contributed by atoms with E-state index in [1.165, 1.54) is 12.8 Å². The van der Waals surface area contributed by atoms with Gasteiger partial charge in [-0.3, -0.25) is 4.79 Å². The van der Waals surface area contributed by atoms with Gasteiger partial charge in [-0.1, -0.05) is 12.8 Å². The zero-order valence-corrected chi connectivity index (χ0v) is 10.7. The second-order valence-electron chi connectivity index (χ2n) is 4.28. The van der Waals surface area contributed by atoms with Crippen LogP contribution in [0.15, 0.2) is 5.38 Å². The molecule has 0 saturated heterocycles. The quantitative estimate of drug-likeness (QED) is 0.811. The van der Waals surface area contributed by atoms with E-state index >= 15 is 0 Å². The summed E-state index contributed by atoms with van der Waals surface area (Å²) in [7, 11) is 0. The molecule has 0 atom stereocenters. The van der Waals surface area contributed by atoms with E-state index in [0.717, 1.165) is 24.4 Å². The number of thiazole rings is 1. The summed E-state index contributed by atoms with van der Waals surface area (Å²) in [4.78, 5) is 18.5. The fraction of sp³-hybridized carbons (Fsp3) is 0.667. The molecule has 1 aliphatic carbocycles. The summed E-state index contributed by atoms with van der Waals surface area (Å²) in [6.45, 7) is 4.78. The number of hydrogen-bond donors (Lipinski definition) is 0. The highest BCUT2D eigenvalue weighted by atomic mass is 32.1. The van der Waals surface area contributed by atoms with Gasteiger partial charge in [-0.15, -0.1) is 11.3 Å². The Balaban J connectivity index is 2.11. The molecule has 1 aromatic rings. The first-order valence-corrected chi connectivity index (χ1v) is 6.83. The monoisotopic (exact) mass is 238 g/mol. The lowest BCUT2D eigenvalue weighted by Gasteiger charge is -2.26. The van der Waals surface area contributed by atoms with Crippen molar-refractivity contribution in [2.24, 2.45) is 0 Å². The third-order valence-corrected chi connectivity index (χ3v) is 3.98. The Hall–Kier alpha value is -0.900. The molecule has 1 fully saturated rings. The number of hydrogen-bond acceptors (Lipinski definition) is 3. The molecule has 0 N–H and O–H groups in total. The first-order chi connectivity index (χ1) is 7.72. The Bertz CT molecular complexity index is 369. The zero-order chi connectivity index (χ0) is 11.5. The van der Waals surface area contributed by atoms with Crippen molar-refractivity contribution in [3.05, 3.63) is 16.1 Å². The van der Waals surface area contributed by atoms with Crippen molar-refractivity contribution < 1.29 is 4.79 Å². The maximum absolute atomic E-state index is 12.2. The van der Waals surface area contributed by atoms with Crippen molar-refractivity contribution in [1.82, 2.24) is 9.88 Å². The summed E-state index contributed by atoms with van der Waals surface area (Å²) in [5, 5.41) is 2.83. The Labute approximate surface area is 100 Å². The second kappa shape index (κ2) is 4.95. The average Bonchev–Trinajstić information content (AvgIpc) is 2.90. The zero-order valence-electron chi connectivity index (χ0n) is 9.90. The Morgan fingerprint density at radius 2 is 2.25 bits per heavy atom. The van der Waals surface area contributed by atoms with Crippen LogP contribution in [0.25, 0.3) is 0 Å².